The van der Waals surface area contributed by atoms with Gasteiger partial charge in [-0.05, 0) is 51.5 Å². The summed E-state index contributed by atoms with van der Waals surface area (Å²) in [6.07, 6.45) is 0. The fourth-order valence-electron chi connectivity index (χ4n) is 2.98. The van der Waals surface area contributed by atoms with E-state index < -0.39 is 32.4 Å². The number of non-ortho nitro benzene ring substituents is 1. The number of nitrogens with one attached hydrogen (secondary N) is 1. The van der Waals surface area contributed by atoms with E-state index in [1.54, 1.807) is 46.9 Å². The number of carbonyl (C=O) groups excluding carboxylic acids is 1. The summed E-state index contributed by atoms with van der Waals surface area (Å²) >= 11 is 0. The molecule has 10 heteroatoms. The predicted octanol–water partition coefficient (Wildman–Crippen LogP) is 3.51. The van der Waals surface area contributed by atoms with E-state index in [0.717, 1.165) is 0 Å². The summed E-state index contributed by atoms with van der Waals surface area (Å²) in [4.78, 5) is 24.9. The molecule has 31 heavy (non-hydrogen) atoms. The Balaban J connectivity index is 2.41. The molecule has 2 aromatic rings. The van der Waals surface area contributed by atoms with E-state index in [9.17, 15) is 23.3 Å². The molecule has 1 amide bonds. The minimum absolute atomic E-state index is 0.0729. The fraction of sp³-hybridized carbons (Fsp3) is 0.381. The van der Waals surface area contributed by atoms with E-state index >= 15 is 0 Å². The van der Waals surface area contributed by atoms with Crippen LogP contribution in [-0.4, -0.2) is 43.8 Å². The standard InChI is InChI=1S/C21H27N3O6S/c1-14(15-8-7-9-17(12-15)24(26)27)23(5)20(25)16-10-11-18(30-6)19(13-16)31(28,29)22-21(2,3)4/h7-14,22H,1-6H3. The van der Waals surface area contributed by atoms with Crippen LogP contribution in [0.2, 0.25) is 0 Å². The monoisotopic (exact) mass is 449 g/mol. The molecule has 9 nitrogen and oxygen atoms in total. The molecule has 0 radical (unpaired) electrons. The summed E-state index contributed by atoms with van der Waals surface area (Å²) in [6.45, 7) is 6.86. The number of nitro groups is 1. The molecule has 0 aliphatic carbocycles. The topological polar surface area (TPSA) is 119 Å². The third-order valence-corrected chi connectivity index (χ3v) is 6.38. The molecular weight excluding hydrogens is 422 g/mol. The normalized spacial score (nSPS) is 12.8. The Labute approximate surface area is 182 Å². The van der Waals surface area contributed by atoms with Gasteiger partial charge < -0.3 is 9.64 Å². The molecule has 1 atom stereocenters. The van der Waals surface area contributed by atoms with Gasteiger partial charge in [0, 0.05) is 30.3 Å². The van der Waals surface area contributed by atoms with Crippen LogP contribution in [-0.2, 0) is 10.0 Å². The van der Waals surface area contributed by atoms with E-state index in [4.69, 9.17) is 4.74 Å². The Morgan fingerprint density at radius 3 is 2.39 bits per heavy atom. The summed E-state index contributed by atoms with van der Waals surface area (Å²) in [5.41, 5.74) is -0.0658. The molecule has 0 saturated heterocycles. The largest absolute Gasteiger partial charge is 0.495 e. The summed E-state index contributed by atoms with van der Waals surface area (Å²) in [5.74, 6) is -0.323. The SMILES string of the molecule is COc1ccc(C(=O)N(C)C(C)c2cccc([N+](=O)[O-])c2)cc1S(=O)(=O)NC(C)(C)C. The summed E-state index contributed by atoms with van der Waals surface area (Å²) < 4.78 is 33.4. The van der Waals surface area contributed by atoms with E-state index in [1.165, 1.54) is 42.3 Å². The molecule has 2 aromatic carbocycles. The Bertz CT molecular complexity index is 1090. The van der Waals surface area contributed by atoms with Crippen LogP contribution in [0.4, 0.5) is 5.69 Å². The van der Waals surface area contributed by atoms with Gasteiger partial charge >= 0.3 is 0 Å². The number of nitro benzene ring substituents is 1. The lowest BCUT2D eigenvalue weighted by atomic mass is 10.1. The molecule has 0 aliphatic rings. The number of benzene rings is 2. The number of rotatable bonds is 7. The van der Waals surface area contributed by atoms with Gasteiger partial charge in [-0.3, -0.25) is 14.9 Å². The second kappa shape index (κ2) is 9.03. The first-order valence-electron chi connectivity index (χ1n) is 9.50. The van der Waals surface area contributed by atoms with Crippen LogP contribution in [0.15, 0.2) is 47.4 Å². The van der Waals surface area contributed by atoms with Crippen LogP contribution in [0.5, 0.6) is 5.75 Å². The van der Waals surface area contributed by atoms with Crippen molar-refractivity contribution in [3.63, 3.8) is 0 Å². The average Bonchev–Trinajstić information content (AvgIpc) is 2.70. The zero-order chi connectivity index (χ0) is 23.6. The summed E-state index contributed by atoms with van der Waals surface area (Å²) in [7, 11) is -1.05. The Morgan fingerprint density at radius 1 is 1.19 bits per heavy atom. The Kier molecular flexibility index (Phi) is 7.07. The number of carbonyl (C=O) groups is 1. The smallest absolute Gasteiger partial charge is 0.269 e. The molecule has 1 unspecified atom stereocenters. The number of hydrogen-bond donors (Lipinski definition) is 1. The number of sulfonamides is 1. The molecule has 0 heterocycles. The lowest BCUT2D eigenvalue weighted by Gasteiger charge is -2.26. The van der Waals surface area contributed by atoms with Gasteiger partial charge in [0.1, 0.15) is 10.6 Å². The minimum atomic E-state index is -3.95. The predicted molar refractivity (Wildman–Crippen MR) is 117 cm³/mol. The molecule has 168 valence electrons. The number of methoxy groups -OCH3 is 1. The summed E-state index contributed by atoms with van der Waals surface area (Å²) in [6, 6.07) is 9.72. The Hall–Kier alpha value is -2.98. The van der Waals surface area contributed by atoms with Crippen molar-refractivity contribution in [2.45, 2.75) is 44.2 Å². The van der Waals surface area contributed by atoms with Gasteiger partial charge in [0.25, 0.3) is 11.6 Å². The first kappa shape index (κ1) is 24.3. The molecule has 0 fully saturated rings. The van der Waals surface area contributed by atoms with Crippen molar-refractivity contribution in [2.75, 3.05) is 14.2 Å². The van der Waals surface area contributed by atoms with Crippen LogP contribution in [0.25, 0.3) is 0 Å². The number of ether oxygens (including phenoxy) is 1. The molecule has 2 rings (SSSR count). The second-order valence-electron chi connectivity index (χ2n) is 8.17. The third-order valence-electron chi connectivity index (χ3n) is 4.61. The molecule has 0 aliphatic heterocycles. The van der Waals surface area contributed by atoms with Crippen LogP contribution in [0.1, 0.15) is 49.7 Å². The van der Waals surface area contributed by atoms with Crippen LogP contribution in [0, 0.1) is 10.1 Å². The van der Waals surface area contributed by atoms with E-state index in [2.05, 4.69) is 4.72 Å². The van der Waals surface area contributed by atoms with Crippen molar-refractivity contribution in [1.82, 2.24) is 9.62 Å². The van der Waals surface area contributed by atoms with Crippen LogP contribution >= 0.6 is 0 Å². The maximum absolute atomic E-state index is 13.1. The highest BCUT2D eigenvalue weighted by atomic mass is 32.2. The van der Waals surface area contributed by atoms with Gasteiger partial charge in [-0.15, -0.1) is 0 Å². The fourth-order valence-corrected chi connectivity index (χ4v) is 4.59. The lowest BCUT2D eigenvalue weighted by Crippen LogP contribution is -2.40. The van der Waals surface area contributed by atoms with Crippen molar-refractivity contribution in [3.8, 4) is 5.75 Å². The van der Waals surface area contributed by atoms with Crippen molar-refractivity contribution in [2.24, 2.45) is 0 Å². The average molecular weight is 450 g/mol. The molecule has 0 saturated carbocycles. The van der Waals surface area contributed by atoms with Gasteiger partial charge in [0.2, 0.25) is 10.0 Å². The number of amides is 1. The summed E-state index contributed by atoms with van der Waals surface area (Å²) in [5, 5.41) is 11.0. The van der Waals surface area contributed by atoms with E-state index in [0.29, 0.717) is 5.56 Å². The van der Waals surface area contributed by atoms with E-state index in [-0.39, 0.29) is 21.9 Å². The Morgan fingerprint density at radius 2 is 1.84 bits per heavy atom. The first-order chi connectivity index (χ1) is 14.3. The van der Waals surface area contributed by atoms with E-state index in [1.807, 2.05) is 0 Å². The maximum atomic E-state index is 13.1. The highest BCUT2D eigenvalue weighted by Gasteiger charge is 2.28. The third kappa shape index (κ3) is 5.80. The highest BCUT2D eigenvalue weighted by molar-refractivity contribution is 7.89. The van der Waals surface area contributed by atoms with Gasteiger partial charge in [0.05, 0.1) is 18.1 Å². The molecule has 1 N–H and O–H groups in total. The second-order valence-corrected chi connectivity index (χ2v) is 9.82. The van der Waals surface area contributed by atoms with Crippen molar-refractivity contribution < 1.29 is 22.9 Å². The van der Waals surface area contributed by atoms with Crippen LogP contribution < -0.4 is 9.46 Å². The number of nitrogens with zero attached hydrogens (tertiary/aromatic N) is 2. The van der Waals surface area contributed by atoms with Gasteiger partial charge in [-0.1, -0.05) is 12.1 Å². The van der Waals surface area contributed by atoms with Gasteiger partial charge in [-0.2, -0.15) is 0 Å². The zero-order valence-electron chi connectivity index (χ0n) is 18.4. The molecule has 0 bridgehead atoms. The van der Waals surface area contributed by atoms with Crippen molar-refractivity contribution in [1.29, 1.82) is 0 Å². The quantitative estimate of drug-likeness (QED) is 0.510. The lowest BCUT2D eigenvalue weighted by molar-refractivity contribution is -0.384. The van der Waals surface area contributed by atoms with Gasteiger partial charge in [0.15, 0.2) is 0 Å². The van der Waals surface area contributed by atoms with Gasteiger partial charge in [-0.25, -0.2) is 13.1 Å². The number of hydrogen-bond acceptors (Lipinski definition) is 6. The van der Waals surface area contributed by atoms with Crippen LogP contribution in [0.3, 0.4) is 0 Å². The maximum Gasteiger partial charge on any atom is 0.269 e. The molecule has 0 spiro atoms. The minimum Gasteiger partial charge on any atom is -0.495 e. The van der Waals surface area contributed by atoms with Crippen molar-refractivity contribution >= 4 is 21.6 Å². The highest BCUT2D eigenvalue weighted by Crippen LogP contribution is 2.29. The molecule has 0 aromatic heterocycles. The van der Waals surface area contributed by atoms with Crippen molar-refractivity contribution in [3.05, 3.63) is 63.7 Å². The first-order valence-corrected chi connectivity index (χ1v) is 11.0. The zero-order valence-corrected chi connectivity index (χ0v) is 19.2. The molecular formula is C21H27N3O6S.